The lowest BCUT2D eigenvalue weighted by Gasteiger charge is -2.30. The van der Waals surface area contributed by atoms with Crippen LogP contribution in [0, 0.1) is 5.82 Å². The first kappa shape index (κ1) is 19.5. The molecule has 1 heterocycles. The molecule has 3 aromatic rings. The first-order valence-electron chi connectivity index (χ1n) is 10.6. The van der Waals surface area contributed by atoms with Crippen LogP contribution in [0.15, 0.2) is 72.3 Å². The number of aliphatic hydroxyl groups is 1. The smallest absolute Gasteiger partial charge is 0.295 e. The molecule has 1 aliphatic heterocycles. The van der Waals surface area contributed by atoms with E-state index in [1.54, 1.807) is 30.3 Å². The Hall–Kier alpha value is -3.47. The van der Waals surface area contributed by atoms with Crippen molar-refractivity contribution in [2.24, 2.45) is 0 Å². The minimum atomic E-state index is -0.934. The molecule has 1 N–H and O–H groups in total. The average Bonchev–Trinajstić information content (AvgIpc) is 3.40. The van der Waals surface area contributed by atoms with E-state index in [1.165, 1.54) is 11.0 Å². The second-order valence-electron chi connectivity index (χ2n) is 8.23. The number of carbonyl (C=O) groups is 2. The van der Waals surface area contributed by atoms with Crippen molar-refractivity contribution < 1.29 is 19.1 Å². The summed E-state index contributed by atoms with van der Waals surface area (Å²) in [6.07, 6.45) is 3.46. The Kier molecular flexibility index (Phi) is 4.81. The van der Waals surface area contributed by atoms with Gasteiger partial charge in [-0.3, -0.25) is 9.59 Å². The summed E-state index contributed by atoms with van der Waals surface area (Å²) in [6.45, 7) is 0. The van der Waals surface area contributed by atoms with E-state index < -0.39 is 23.5 Å². The summed E-state index contributed by atoms with van der Waals surface area (Å²) in [7, 11) is 0. The average molecular weight is 415 g/mol. The van der Waals surface area contributed by atoms with Crippen molar-refractivity contribution in [1.82, 2.24) is 4.90 Å². The molecule has 1 atom stereocenters. The van der Waals surface area contributed by atoms with Crippen LogP contribution in [0.25, 0.3) is 16.5 Å². The number of Topliss-reactive ketones (excluding diaryl/α,β-unsaturated/α-hetero) is 1. The number of amides is 1. The van der Waals surface area contributed by atoms with Crippen molar-refractivity contribution >= 4 is 28.2 Å². The number of aliphatic hydroxyl groups excluding tert-OH is 1. The standard InChI is InChI=1S/C26H22FNO3/c27-21-12-6-5-11-20(21)23-22(25(30)26(31)28(23)19-9-3-4-10-19)24(29)18-14-13-16-7-1-2-8-17(16)15-18/h1-2,5-8,11-15,19,23,29H,3-4,9-10H2/b24-22+. The molecule has 5 heteroatoms. The molecule has 1 aliphatic carbocycles. The largest absolute Gasteiger partial charge is 0.507 e. The minimum absolute atomic E-state index is 0.0442. The quantitative estimate of drug-likeness (QED) is 0.357. The normalized spacial score (nSPS) is 21.3. The third-order valence-electron chi connectivity index (χ3n) is 6.42. The number of benzene rings is 3. The molecule has 2 fully saturated rings. The first-order valence-corrected chi connectivity index (χ1v) is 10.6. The SMILES string of the molecule is O=C1C(=O)N(C2CCCC2)C(c2ccccc2F)/C1=C(\O)c1ccc2ccccc2c1. The van der Waals surface area contributed by atoms with Crippen LogP contribution in [0.3, 0.4) is 0 Å². The fourth-order valence-corrected chi connectivity index (χ4v) is 4.90. The molecular formula is C26H22FNO3. The van der Waals surface area contributed by atoms with Gasteiger partial charge in [-0.2, -0.15) is 0 Å². The highest BCUT2D eigenvalue weighted by molar-refractivity contribution is 6.46. The molecule has 2 aliphatic rings. The van der Waals surface area contributed by atoms with Gasteiger partial charge < -0.3 is 10.0 Å². The molecule has 1 saturated carbocycles. The molecule has 3 aromatic carbocycles. The molecule has 1 unspecified atom stereocenters. The Balaban J connectivity index is 1.71. The Labute approximate surface area is 179 Å². The summed E-state index contributed by atoms with van der Waals surface area (Å²) < 4.78 is 14.8. The summed E-state index contributed by atoms with van der Waals surface area (Å²) in [6, 6.07) is 18.1. The highest BCUT2D eigenvalue weighted by atomic mass is 19.1. The maximum absolute atomic E-state index is 14.8. The van der Waals surface area contributed by atoms with E-state index in [1.807, 2.05) is 30.3 Å². The van der Waals surface area contributed by atoms with Crippen molar-refractivity contribution in [2.45, 2.75) is 37.8 Å². The zero-order valence-corrected chi connectivity index (χ0v) is 16.9. The van der Waals surface area contributed by atoms with E-state index >= 15 is 0 Å². The van der Waals surface area contributed by atoms with E-state index in [9.17, 15) is 19.1 Å². The van der Waals surface area contributed by atoms with Crippen molar-refractivity contribution in [3.63, 3.8) is 0 Å². The monoisotopic (exact) mass is 415 g/mol. The van der Waals surface area contributed by atoms with Crippen molar-refractivity contribution in [1.29, 1.82) is 0 Å². The molecular weight excluding hydrogens is 393 g/mol. The van der Waals surface area contributed by atoms with Crippen LogP contribution in [0.2, 0.25) is 0 Å². The second-order valence-corrected chi connectivity index (χ2v) is 8.23. The summed E-state index contributed by atoms with van der Waals surface area (Å²) in [4.78, 5) is 27.7. The van der Waals surface area contributed by atoms with Crippen molar-refractivity contribution in [3.05, 3.63) is 89.2 Å². The molecule has 0 radical (unpaired) electrons. The van der Waals surface area contributed by atoms with Crippen molar-refractivity contribution in [2.75, 3.05) is 0 Å². The number of ketones is 1. The molecule has 1 amide bonds. The third kappa shape index (κ3) is 3.21. The summed E-state index contributed by atoms with van der Waals surface area (Å²) >= 11 is 0. The van der Waals surface area contributed by atoms with Crippen LogP contribution in [0.5, 0.6) is 0 Å². The fraction of sp³-hybridized carbons (Fsp3) is 0.231. The maximum atomic E-state index is 14.8. The van der Waals surface area contributed by atoms with Gasteiger partial charge >= 0.3 is 0 Å². The lowest BCUT2D eigenvalue weighted by molar-refractivity contribution is -0.141. The number of nitrogens with zero attached hydrogens (tertiary/aromatic N) is 1. The second kappa shape index (κ2) is 7.65. The Morgan fingerprint density at radius 3 is 2.32 bits per heavy atom. The zero-order valence-electron chi connectivity index (χ0n) is 16.9. The molecule has 4 nitrogen and oxygen atoms in total. The van der Waals surface area contributed by atoms with Gasteiger partial charge in [-0.15, -0.1) is 0 Å². The van der Waals surface area contributed by atoms with Gasteiger partial charge in [-0.05, 0) is 35.7 Å². The topological polar surface area (TPSA) is 57.6 Å². The van der Waals surface area contributed by atoms with Gasteiger partial charge in [-0.25, -0.2) is 4.39 Å². The number of carbonyl (C=O) groups excluding carboxylic acids is 2. The van der Waals surface area contributed by atoms with E-state index in [4.69, 9.17) is 0 Å². The Morgan fingerprint density at radius 1 is 0.903 bits per heavy atom. The van der Waals surface area contributed by atoms with Crippen LogP contribution in [-0.2, 0) is 9.59 Å². The highest BCUT2D eigenvalue weighted by Crippen LogP contribution is 2.44. The molecule has 0 aromatic heterocycles. The molecule has 1 saturated heterocycles. The van der Waals surface area contributed by atoms with E-state index in [0.717, 1.165) is 36.5 Å². The molecule has 31 heavy (non-hydrogen) atoms. The predicted molar refractivity (Wildman–Crippen MR) is 117 cm³/mol. The van der Waals surface area contributed by atoms with Crippen LogP contribution in [0.4, 0.5) is 4.39 Å². The van der Waals surface area contributed by atoms with Gasteiger partial charge in [-0.1, -0.05) is 67.4 Å². The van der Waals surface area contributed by atoms with Crippen LogP contribution < -0.4 is 0 Å². The minimum Gasteiger partial charge on any atom is -0.507 e. The summed E-state index contributed by atoms with van der Waals surface area (Å²) in [5, 5.41) is 13.1. The van der Waals surface area contributed by atoms with E-state index in [0.29, 0.717) is 5.56 Å². The molecule has 0 bridgehead atoms. The van der Waals surface area contributed by atoms with E-state index in [-0.39, 0.29) is 22.9 Å². The Morgan fingerprint density at radius 2 is 1.58 bits per heavy atom. The number of likely N-dealkylation sites (tertiary alicyclic amines) is 1. The van der Waals surface area contributed by atoms with Crippen LogP contribution in [0.1, 0.15) is 42.9 Å². The van der Waals surface area contributed by atoms with Gasteiger partial charge in [0.05, 0.1) is 11.6 Å². The highest BCUT2D eigenvalue weighted by Gasteiger charge is 2.49. The van der Waals surface area contributed by atoms with Gasteiger partial charge in [0.25, 0.3) is 11.7 Å². The van der Waals surface area contributed by atoms with E-state index in [2.05, 4.69) is 0 Å². The summed E-state index contributed by atoms with van der Waals surface area (Å²) in [5.41, 5.74) is 0.623. The number of halogens is 1. The number of rotatable bonds is 3. The third-order valence-corrected chi connectivity index (χ3v) is 6.42. The van der Waals surface area contributed by atoms with Gasteiger partial charge in [0.15, 0.2) is 0 Å². The van der Waals surface area contributed by atoms with Gasteiger partial charge in [0, 0.05) is 17.2 Å². The zero-order chi connectivity index (χ0) is 21.5. The fourth-order valence-electron chi connectivity index (χ4n) is 4.90. The lowest BCUT2D eigenvalue weighted by Crippen LogP contribution is -2.38. The lowest BCUT2D eigenvalue weighted by atomic mass is 9.93. The maximum Gasteiger partial charge on any atom is 0.295 e. The summed E-state index contributed by atoms with van der Waals surface area (Å²) in [5.74, 6) is -2.19. The predicted octanol–water partition coefficient (Wildman–Crippen LogP) is 5.34. The first-order chi connectivity index (χ1) is 15.1. The van der Waals surface area contributed by atoms with Gasteiger partial charge in [0.1, 0.15) is 11.6 Å². The number of hydrogen-bond acceptors (Lipinski definition) is 3. The number of fused-ring (bicyclic) bond motifs is 1. The van der Waals surface area contributed by atoms with Crippen LogP contribution >= 0.6 is 0 Å². The molecule has 5 rings (SSSR count). The van der Waals surface area contributed by atoms with Crippen molar-refractivity contribution in [3.8, 4) is 0 Å². The van der Waals surface area contributed by atoms with Crippen LogP contribution in [-0.4, -0.2) is 27.7 Å². The molecule has 0 spiro atoms. The number of hydrogen-bond donors (Lipinski definition) is 1. The van der Waals surface area contributed by atoms with Gasteiger partial charge in [0.2, 0.25) is 0 Å². The Bertz CT molecular complexity index is 1230. The molecule has 156 valence electrons.